The molecule has 0 spiro atoms. The number of carbonyl (C=O) groups excluding carboxylic acids is 1. The maximum absolute atomic E-state index is 12.6. The number of hydrogen-bond donors (Lipinski definition) is 1. The molecule has 0 amide bonds. The maximum atomic E-state index is 12.6. The maximum Gasteiger partial charge on any atom is 0.460 e. The van der Waals surface area contributed by atoms with Crippen molar-refractivity contribution in [1.29, 1.82) is 0 Å². The van der Waals surface area contributed by atoms with Gasteiger partial charge in [0.05, 0.1) is 0 Å². The van der Waals surface area contributed by atoms with Crippen LogP contribution in [0.2, 0.25) is 0 Å². The van der Waals surface area contributed by atoms with Crippen molar-refractivity contribution in [3.63, 3.8) is 0 Å². The van der Waals surface area contributed by atoms with Crippen LogP contribution in [0.25, 0.3) is 0 Å². The largest absolute Gasteiger partial charge is 0.460 e. The Bertz CT molecular complexity index is 291. The quantitative estimate of drug-likeness (QED) is 0.490. The van der Waals surface area contributed by atoms with Gasteiger partial charge in [-0.15, -0.1) is 0 Å². The number of methoxy groups -OCH3 is 1. The summed E-state index contributed by atoms with van der Waals surface area (Å²) in [5, 5.41) is 0. The van der Waals surface area contributed by atoms with Gasteiger partial charge in [-0.25, -0.2) is 4.79 Å². The van der Waals surface area contributed by atoms with Gasteiger partial charge in [-0.05, 0) is 6.92 Å². The van der Waals surface area contributed by atoms with Crippen molar-refractivity contribution < 1.29 is 45.0 Å². The monoisotopic (exact) mass is 289 g/mol. The van der Waals surface area contributed by atoms with Crippen LogP contribution in [-0.4, -0.2) is 37.4 Å². The molecule has 1 unspecified atom stereocenters. The lowest BCUT2D eigenvalue weighted by Crippen LogP contribution is -2.57. The van der Waals surface area contributed by atoms with E-state index < -0.39 is 30.3 Å². The van der Waals surface area contributed by atoms with E-state index in [0.717, 1.165) is 14.0 Å². The third-order valence-corrected chi connectivity index (χ3v) is 1.61. The van der Waals surface area contributed by atoms with Crippen molar-refractivity contribution in [2.45, 2.75) is 31.2 Å². The molecule has 0 rings (SSSR count). The predicted molar refractivity (Wildman–Crippen MR) is 43.5 cm³/mol. The summed E-state index contributed by atoms with van der Waals surface area (Å²) >= 11 is 0. The molecular formula is C7H10F7NO3. The van der Waals surface area contributed by atoms with Crippen LogP contribution in [0.3, 0.4) is 0 Å². The van der Waals surface area contributed by atoms with Crippen molar-refractivity contribution in [2.24, 2.45) is 0 Å². The van der Waals surface area contributed by atoms with Crippen LogP contribution >= 0.6 is 0 Å². The Hall–Kier alpha value is -1.10. The molecule has 0 fully saturated rings. The minimum Gasteiger partial charge on any atom is -0.431 e. The molecule has 0 saturated carbocycles. The van der Waals surface area contributed by atoms with Gasteiger partial charge in [0.15, 0.2) is 6.29 Å². The van der Waals surface area contributed by atoms with Gasteiger partial charge < -0.3 is 15.6 Å². The van der Waals surface area contributed by atoms with Crippen LogP contribution in [0.15, 0.2) is 0 Å². The van der Waals surface area contributed by atoms with E-state index in [-0.39, 0.29) is 6.15 Å². The van der Waals surface area contributed by atoms with E-state index in [1.807, 2.05) is 0 Å². The number of ether oxygens (including phenoxy) is 2. The molecule has 0 radical (unpaired) electrons. The van der Waals surface area contributed by atoms with Crippen molar-refractivity contribution in [3.05, 3.63) is 0 Å². The topological polar surface area (TPSA) is 70.5 Å². The van der Waals surface area contributed by atoms with Gasteiger partial charge in [-0.2, -0.15) is 30.7 Å². The third kappa shape index (κ3) is 3.45. The average Bonchev–Trinajstić information content (AvgIpc) is 2.15. The standard InChI is InChI=1S/C7H7F7O3.H3N/c1-3(16-2)17-4(15)5(8,9)6(10,11)7(12,13)14;/h3H,1-2H3;1H3. The Labute approximate surface area is 96.6 Å². The van der Waals surface area contributed by atoms with E-state index in [2.05, 4.69) is 9.47 Å². The fraction of sp³-hybridized carbons (Fsp3) is 0.857. The lowest BCUT2D eigenvalue weighted by Gasteiger charge is -2.27. The summed E-state index contributed by atoms with van der Waals surface area (Å²) in [4.78, 5) is 10.5. The second kappa shape index (κ2) is 5.69. The molecule has 3 N–H and O–H groups in total. The lowest BCUT2D eigenvalue weighted by molar-refractivity contribution is -0.350. The highest BCUT2D eigenvalue weighted by Gasteiger charge is 2.77. The molecule has 0 aliphatic carbocycles. The molecule has 0 aromatic carbocycles. The zero-order valence-corrected chi connectivity index (χ0v) is 9.15. The number of hydrogen-bond acceptors (Lipinski definition) is 4. The molecule has 0 aromatic heterocycles. The van der Waals surface area contributed by atoms with Crippen LogP contribution < -0.4 is 6.15 Å². The highest BCUT2D eigenvalue weighted by Crippen LogP contribution is 2.47. The summed E-state index contributed by atoms with van der Waals surface area (Å²) in [7, 11) is 0.873. The Morgan fingerprint density at radius 1 is 1.06 bits per heavy atom. The van der Waals surface area contributed by atoms with Crippen LogP contribution in [0.4, 0.5) is 30.7 Å². The Morgan fingerprint density at radius 2 is 1.44 bits per heavy atom. The third-order valence-electron chi connectivity index (χ3n) is 1.61. The molecule has 0 aliphatic rings. The summed E-state index contributed by atoms with van der Waals surface area (Å²) in [6.45, 7) is 0.861. The van der Waals surface area contributed by atoms with E-state index in [1.54, 1.807) is 0 Å². The summed E-state index contributed by atoms with van der Waals surface area (Å²) in [5.41, 5.74) is 0. The van der Waals surface area contributed by atoms with Gasteiger partial charge in [-0.3, -0.25) is 0 Å². The second-order valence-electron chi connectivity index (χ2n) is 2.86. The van der Waals surface area contributed by atoms with Gasteiger partial charge in [0.25, 0.3) is 0 Å². The molecule has 1 atom stereocenters. The molecule has 0 saturated heterocycles. The molecule has 0 heterocycles. The first-order valence-electron chi connectivity index (χ1n) is 3.94. The van der Waals surface area contributed by atoms with Crippen LogP contribution in [-0.2, 0) is 14.3 Å². The molecule has 0 bridgehead atoms. The van der Waals surface area contributed by atoms with Crippen LogP contribution in [0.1, 0.15) is 6.92 Å². The average molecular weight is 289 g/mol. The van der Waals surface area contributed by atoms with Crippen molar-refractivity contribution in [1.82, 2.24) is 6.15 Å². The Balaban J connectivity index is 0. The minimum absolute atomic E-state index is 0. The summed E-state index contributed by atoms with van der Waals surface area (Å²) in [6, 6.07) is 0. The van der Waals surface area contributed by atoms with E-state index in [1.165, 1.54) is 0 Å². The van der Waals surface area contributed by atoms with E-state index in [9.17, 15) is 35.5 Å². The summed E-state index contributed by atoms with van der Waals surface area (Å²) in [6.07, 6.45) is -8.26. The Kier molecular flexibility index (Phi) is 6.09. The normalized spacial score (nSPS) is 14.7. The van der Waals surface area contributed by atoms with E-state index in [4.69, 9.17) is 0 Å². The Morgan fingerprint density at radius 3 is 1.72 bits per heavy atom. The molecule has 0 aromatic rings. The van der Waals surface area contributed by atoms with Gasteiger partial charge in [0.2, 0.25) is 0 Å². The fourth-order valence-corrected chi connectivity index (χ4v) is 0.579. The first-order valence-corrected chi connectivity index (χ1v) is 3.94. The van der Waals surface area contributed by atoms with Gasteiger partial charge in [0.1, 0.15) is 0 Å². The van der Waals surface area contributed by atoms with E-state index in [0.29, 0.717) is 0 Å². The summed E-state index contributed by atoms with van der Waals surface area (Å²) < 4.78 is 92.4. The smallest absolute Gasteiger partial charge is 0.431 e. The lowest BCUT2D eigenvalue weighted by atomic mass is 10.1. The second-order valence-corrected chi connectivity index (χ2v) is 2.86. The SMILES string of the molecule is COC(C)OC(=O)C(F)(F)C(F)(F)C(F)(F)F.N. The van der Waals surface area contributed by atoms with Gasteiger partial charge >= 0.3 is 24.0 Å². The molecule has 18 heavy (non-hydrogen) atoms. The molecular weight excluding hydrogens is 279 g/mol. The highest BCUT2D eigenvalue weighted by atomic mass is 19.4. The first kappa shape index (κ1) is 19.2. The van der Waals surface area contributed by atoms with Crippen molar-refractivity contribution in [3.8, 4) is 0 Å². The van der Waals surface area contributed by atoms with Crippen LogP contribution in [0, 0.1) is 0 Å². The minimum atomic E-state index is -6.58. The highest BCUT2D eigenvalue weighted by molar-refractivity contribution is 5.79. The molecule has 110 valence electrons. The molecule has 4 nitrogen and oxygen atoms in total. The number of alkyl halides is 7. The fourth-order valence-electron chi connectivity index (χ4n) is 0.579. The summed E-state index contributed by atoms with van der Waals surface area (Å²) in [5.74, 6) is -15.6. The molecule has 11 heteroatoms. The number of rotatable bonds is 4. The van der Waals surface area contributed by atoms with Gasteiger partial charge in [-0.1, -0.05) is 0 Å². The van der Waals surface area contributed by atoms with Crippen molar-refractivity contribution in [2.75, 3.05) is 7.11 Å². The van der Waals surface area contributed by atoms with E-state index >= 15 is 0 Å². The number of carbonyl (C=O) groups is 1. The number of esters is 1. The zero-order valence-electron chi connectivity index (χ0n) is 9.15. The van der Waals surface area contributed by atoms with Gasteiger partial charge in [0, 0.05) is 7.11 Å². The molecule has 0 aliphatic heterocycles. The zero-order chi connectivity index (χ0) is 14.1. The number of halogens is 7. The van der Waals surface area contributed by atoms with Crippen LogP contribution in [0.5, 0.6) is 0 Å². The predicted octanol–water partition coefficient (Wildman–Crippen LogP) is 2.52. The van der Waals surface area contributed by atoms with Crippen molar-refractivity contribution >= 4 is 5.97 Å². The first-order chi connectivity index (χ1) is 7.38.